The zero-order valence-corrected chi connectivity index (χ0v) is 52.8. The van der Waals surface area contributed by atoms with Crippen molar-refractivity contribution in [2.75, 3.05) is 52.5 Å². The lowest BCUT2D eigenvalue weighted by Crippen LogP contribution is -2.31. The van der Waals surface area contributed by atoms with Crippen molar-refractivity contribution >= 4 is 60.0 Å². The van der Waals surface area contributed by atoms with Crippen LogP contribution in [0.4, 0.5) is 19.2 Å². The number of oxime groups is 1. The summed E-state index contributed by atoms with van der Waals surface area (Å²) in [5.74, 6) is -1.21. The number of rotatable bonds is 0. The van der Waals surface area contributed by atoms with Crippen molar-refractivity contribution < 1.29 is 57.5 Å². The lowest BCUT2D eigenvalue weighted by atomic mass is 10.3. The first-order valence-electron chi connectivity index (χ1n) is 27.9. The molecule has 0 aromatic carbocycles. The van der Waals surface area contributed by atoms with Crippen LogP contribution in [0.25, 0.3) is 0 Å². The van der Waals surface area contributed by atoms with Gasteiger partial charge in [-0.2, -0.15) is 0 Å². The average Bonchev–Trinajstić information content (AvgIpc) is 4.40. The van der Waals surface area contributed by atoms with E-state index < -0.39 is 6.03 Å². The summed E-state index contributed by atoms with van der Waals surface area (Å²) in [5.41, 5.74) is 0. The molecule has 5 saturated heterocycles. The standard InChI is InChI=1S/C4H7NO2.C4H5NO2.C4H3NO2.C4H7NO.C3H4N2O2.C3H6N2O.C3H5NO2.14C2H6.CH4/c6-4-5-2-1-3-7-4;2*6-3-1-2-4(7)5-3;1-2-4-6-5-3-1;6-2-1-4-3(7)5-2;6-3-4-1-2-5-3;5-3-4-1-2-6-3;14*1-2;/h1-3H2,(H,5,6);1-2H2,(H,5,6,7);1-2H,(H,5,6,7);3H,1-2,4H2;1H2,(H2,4,5,6,7);1-2H2,(H2,4,5,6);1-2H2,(H,4,5);14*1-2H3;1H4. The van der Waals surface area contributed by atoms with Gasteiger partial charge in [-0.25, -0.2) is 19.2 Å². The molecule has 7 rings (SSSR count). The summed E-state index contributed by atoms with van der Waals surface area (Å²) in [6, 6.07) is -0.444. The highest BCUT2D eigenvalue weighted by Gasteiger charge is 2.16. The molecule has 0 saturated carbocycles. The number of nitrogens with zero attached hydrogens (tertiary/aromatic N) is 1. The fraction of sp³-hybridized carbons (Fsp3) is 0.778. The number of hydrogen-bond acceptors (Lipinski definition) is 13. The number of imide groups is 3. The third-order valence-corrected chi connectivity index (χ3v) is 5.00. The molecule has 0 bridgehead atoms. The van der Waals surface area contributed by atoms with Crippen molar-refractivity contribution in [2.24, 2.45) is 5.16 Å². The first-order valence-corrected chi connectivity index (χ1v) is 27.9. The highest BCUT2D eigenvalue weighted by atomic mass is 16.6. The molecule has 458 valence electrons. The Hall–Kier alpha value is -5.76. The number of ether oxygens (including phenoxy) is 2. The number of alkyl carbamates (subject to hydrolysis) is 2. The first-order chi connectivity index (χ1) is 36.0. The van der Waals surface area contributed by atoms with E-state index in [1.54, 1.807) is 6.21 Å². The highest BCUT2D eigenvalue weighted by molar-refractivity contribution is 6.12. The minimum atomic E-state index is -0.398. The van der Waals surface area contributed by atoms with Crippen LogP contribution in [0.5, 0.6) is 0 Å². The monoisotopic (exact) mass is 1090 g/mol. The topological polar surface area (TPSA) is 290 Å². The summed E-state index contributed by atoms with van der Waals surface area (Å²) >= 11 is 0. The molecule has 0 spiro atoms. The van der Waals surface area contributed by atoms with E-state index in [-0.39, 0.29) is 61.7 Å². The quantitative estimate of drug-likeness (QED) is 0.0830. The molecule has 8 N–H and O–H groups in total. The molecular formula is C54H125N9O12. The van der Waals surface area contributed by atoms with Crippen LogP contribution in [-0.2, 0) is 38.3 Å². The molecular weight excluding hydrogens is 967 g/mol. The Labute approximate surface area is 462 Å². The molecule has 7 aliphatic heterocycles. The van der Waals surface area contributed by atoms with Crippen LogP contribution in [0.15, 0.2) is 17.3 Å². The van der Waals surface area contributed by atoms with Crippen molar-refractivity contribution in [1.29, 1.82) is 0 Å². The summed E-state index contributed by atoms with van der Waals surface area (Å²) in [6.45, 7) is 61.0. The maximum absolute atomic E-state index is 10.1. The zero-order chi connectivity index (χ0) is 62.0. The van der Waals surface area contributed by atoms with Crippen molar-refractivity contribution in [2.45, 2.75) is 233 Å². The van der Waals surface area contributed by atoms with Crippen LogP contribution in [0.1, 0.15) is 233 Å². The summed E-state index contributed by atoms with van der Waals surface area (Å²) in [5, 5.41) is 22.1. The van der Waals surface area contributed by atoms with Gasteiger partial charge in [-0.3, -0.25) is 39.9 Å². The summed E-state index contributed by atoms with van der Waals surface area (Å²) in [7, 11) is 0. The predicted octanol–water partition coefficient (Wildman–Crippen LogP) is 12.4. The van der Waals surface area contributed by atoms with E-state index in [0.717, 1.165) is 45.5 Å². The van der Waals surface area contributed by atoms with E-state index in [1.165, 1.54) is 12.2 Å². The molecule has 21 heteroatoms. The van der Waals surface area contributed by atoms with Gasteiger partial charge in [0, 0.05) is 50.8 Å². The number of carbonyl (C=O) groups excluding carboxylic acids is 9. The molecule has 21 nitrogen and oxygen atoms in total. The van der Waals surface area contributed by atoms with Crippen LogP contribution in [-0.4, -0.2) is 113 Å². The molecule has 0 radical (unpaired) electrons. The van der Waals surface area contributed by atoms with Gasteiger partial charge in [-0.15, -0.1) is 0 Å². The van der Waals surface area contributed by atoms with Gasteiger partial charge >= 0.3 is 24.2 Å². The number of carbonyl (C=O) groups is 9. The number of hydrogen-bond donors (Lipinski definition) is 8. The number of cyclic esters (lactones) is 2. The molecule has 5 fully saturated rings. The molecule has 7 aliphatic rings. The Balaban J connectivity index is -0.0000000399. The SMILES string of the molecule is C.C1=NOCCC1.CC.CC.CC.CC.CC.CC.CC.CC.CC.CC.CC.CC.CC.CC.O=C1C=CC(=O)N1.O=C1CCC(=O)N1.O=C1CNC(=O)N1.O=C1NCCCO1.O=C1NCCN1.O=C1NCCO1. The Morgan fingerprint density at radius 3 is 0.853 bits per heavy atom. The van der Waals surface area contributed by atoms with E-state index in [2.05, 4.69) is 51.4 Å². The Morgan fingerprint density at radius 2 is 0.747 bits per heavy atom. The lowest BCUT2D eigenvalue weighted by Gasteiger charge is -2.10. The second kappa shape index (κ2) is 127. The second-order valence-electron chi connectivity index (χ2n) is 8.81. The molecule has 0 aromatic rings. The van der Waals surface area contributed by atoms with E-state index >= 15 is 0 Å². The number of amides is 11. The Morgan fingerprint density at radius 1 is 0.373 bits per heavy atom. The van der Waals surface area contributed by atoms with Gasteiger partial charge in [0.05, 0.1) is 19.7 Å². The van der Waals surface area contributed by atoms with E-state index in [4.69, 9.17) is 0 Å². The van der Waals surface area contributed by atoms with Crippen LogP contribution < -0.4 is 42.5 Å². The number of nitrogens with one attached hydrogen (secondary N) is 8. The Kier molecular flexibility index (Phi) is 186. The van der Waals surface area contributed by atoms with Gasteiger partial charge in [0.2, 0.25) is 17.7 Å². The molecule has 7 heterocycles. The maximum Gasteiger partial charge on any atom is 0.407 e. The Bertz CT molecular complexity index is 1050. The van der Waals surface area contributed by atoms with Gasteiger partial charge < -0.3 is 40.9 Å². The molecule has 0 atom stereocenters. The van der Waals surface area contributed by atoms with E-state index in [1.807, 2.05) is 204 Å². The fourth-order valence-electron chi connectivity index (χ4n) is 2.88. The minimum absolute atomic E-state index is 0. The van der Waals surface area contributed by atoms with Crippen LogP contribution in [0, 0.1) is 0 Å². The summed E-state index contributed by atoms with van der Waals surface area (Å²) < 4.78 is 8.93. The summed E-state index contributed by atoms with van der Waals surface area (Å²) in [6.07, 6.45) is 7.50. The molecule has 0 unspecified atom stereocenters. The van der Waals surface area contributed by atoms with Gasteiger partial charge in [0.1, 0.15) is 13.2 Å². The maximum atomic E-state index is 10.1. The molecule has 0 aliphatic carbocycles. The third-order valence-electron chi connectivity index (χ3n) is 5.00. The number of urea groups is 2. The molecule has 0 aromatic heterocycles. The van der Waals surface area contributed by atoms with Crippen molar-refractivity contribution in [3.63, 3.8) is 0 Å². The van der Waals surface area contributed by atoms with Gasteiger partial charge in [-0.05, 0) is 19.3 Å². The lowest BCUT2D eigenvalue weighted by molar-refractivity contribution is -0.125. The van der Waals surface area contributed by atoms with Crippen molar-refractivity contribution in [1.82, 2.24) is 42.5 Å². The second-order valence-corrected chi connectivity index (χ2v) is 8.81. The predicted molar refractivity (Wildman–Crippen MR) is 320 cm³/mol. The van der Waals surface area contributed by atoms with Crippen LogP contribution >= 0.6 is 0 Å². The van der Waals surface area contributed by atoms with Crippen molar-refractivity contribution in [3.05, 3.63) is 12.2 Å². The van der Waals surface area contributed by atoms with Gasteiger partial charge in [0.25, 0.3) is 11.8 Å². The average molecular weight is 1090 g/mol. The minimum Gasteiger partial charge on any atom is -0.449 e. The van der Waals surface area contributed by atoms with Gasteiger partial charge in [-0.1, -0.05) is 206 Å². The largest absolute Gasteiger partial charge is 0.449 e. The molecule has 11 amide bonds. The third kappa shape index (κ3) is 123. The van der Waals surface area contributed by atoms with Crippen LogP contribution in [0.3, 0.4) is 0 Å². The summed E-state index contributed by atoms with van der Waals surface area (Å²) in [4.78, 5) is 95.1. The highest BCUT2D eigenvalue weighted by Crippen LogP contribution is 1.96. The van der Waals surface area contributed by atoms with Crippen molar-refractivity contribution in [3.8, 4) is 0 Å². The smallest absolute Gasteiger partial charge is 0.407 e. The van der Waals surface area contributed by atoms with Crippen LogP contribution in [0.2, 0.25) is 0 Å². The van der Waals surface area contributed by atoms with E-state index in [9.17, 15) is 43.2 Å². The molecule has 75 heavy (non-hydrogen) atoms. The fourth-order valence-corrected chi connectivity index (χ4v) is 2.88. The first kappa shape index (κ1) is 110. The van der Waals surface area contributed by atoms with E-state index in [0.29, 0.717) is 32.6 Å². The van der Waals surface area contributed by atoms with Gasteiger partial charge in [0.15, 0.2) is 0 Å². The normalized spacial score (nSPS) is 13.0. The zero-order valence-electron chi connectivity index (χ0n) is 52.8.